The van der Waals surface area contributed by atoms with Crippen LogP contribution in [0.1, 0.15) is 30.4 Å². The van der Waals surface area contributed by atoms with Crippen molar-refractivity contribution < 1.29 is 17.9 Å². The monoisotopic (exact) mass is 567 g/mol. The van der Waals surface area contributed by atoms with E-state index in [1.165, 1.54) is 19.2 Å². The molecular formula is C28H30ClN5O4S. The minimum absolute atomic E-state index is 0.0156. The van der Waals surface area contributed by atoms with Crippen LogP contribution in [0.4, 0.5) is 5.82 Å². The Kier molecular flexibility index (Phi) is 8.06. The molecule has 1 amide bonds. The highest BCUT2D eigenvalue weighted by Gasteiger charge is 2.22. The SMILES string of the molecule is COc1cccc2c1c(NS(=O)(=O)c1cccc(Cl)c1)nn2Cc1cccc(CNC(=O)C2CCCCN2)c1. The standard InChI is InChI=1S/C28H30ClN5O4S/c1-38-25-13-6-12-24-26(25)27(33-39(36,37)22-10-5-9-21(29)16-22)32-34(24)18-20-8-4-7-19(15-20)17-31-28(35)23-11-2-3-14-30-23/h4-10,12-13,15-16,23,30H,2-3,11,14,17-18H2,1H3,(H,31,35)(H,32,33). The Morgan fingerprint density at radius 3 is 2.67 bits per heavy atom. The van der Waals surface area contributed by atoms with Gasteiger partial charge >= 0.3 is 0 Å². The van der Waals surface area contributed by atoms with Crippen molar-refractivity contribution in [1.29, 1.82) is 0 Å². The maximum atomic E-state index is 13.2. The number of sulfonamides is 1. The summed E-state index contributed by atoms with van der Waals surface area (Å²) < 4.78 is 36.2. The molecule has 204 valence electrons. The molecule has 0 bridgehead atoms. The lowest BCUT2D eigenvalue weighted by Gasteiger charge is -2.22. The fraction of sp³-hybridized carbons (Fsp3) is 0.286. The maximum absolute atomic E-state index is 13.2. The number of nitrogens with zero attached hydrogens (tertiary/aromatic N) is 2. The van der Waals surface area contributed by atoms with E-state index in [-0.39, 0.29) is 22.7 Å². The third-order valence-corrected chi connectivity index (χ3v) is 8.29. The number of rotatable bonds is 9. The van der Waals surface area contributed by atoms with E-state index in [9.17, 15) is 13.2 Å². The molecule has 3 aromatic carbocycles. The van der Waals surface area contributed by atoms with Gasteiger partial charge in [0.2, 0.25) is 5.91 Å². The van der Waals surface area contributed by atoms with Gasteiger partial charge in [0.1, 0.15) is 5.75 Å². The number of fused-ring (bicyclic) bond motifs is 1. The van der Waals surface area contributed by atoms with Crippen molar-refractivity contribution in [3.05, 3.63) is 82.9 Å². The van der Waals surface area contributed by atoms with Gasteiger partial charge in [-0.05, 0) is 60.8 Å². The first-order valence-electron chi connectivity index (χ1n) is 12.7. The molecule has 1 unspecified atom stereocenters. The number of anilines is 1. The number of nitrogens with one attached hydrogen (secondary N) is 3. The minimum Gasteiger partial charge on any atom is -0.496 e. The van der Waals surface area contributed by atoms with Gasteiger partial charge in [-0.2, -0.15) is 5.10 Å². The number of ether oxygens (including phenoxy) is 1. The Bertz CT molecular complexity index is 1600. The van der Waals surface area contributed by atoms with Gasteiger partial charge in [0.25, 0.3) is 10.0 Å². The van der Waals surface area contributed by atoms with E-state index in [1.54, 1.807) is 22.9 Å². The van der Waals surface area contributed by atoms with Gasteiger partial charge in [0.15, 0.2) is 5.82 Å². The van der Waals surface area contributed by atoms with Crippen molar-refractivity contribution in [2.24, 2.45) is 0 Å². The first-order valence-corrected chi connectivity index (χ1v) is 14.6. The largest absolute Gasteiger partial charge is 0.496 e. The smallest absolute Gasteiger partial charge is 0.263 e. The van der Waals surface area contributed by atoms with Crippen molar-refractivity contribution in [2.45, 2.75) is 43.3 Å². The lowest BCUT2D eigenvalue weighted by Crippen LogP contribution is -2.46. The topological polar surface area (TPSA) is 114 Å². The van der Waals surface area contributed by atoms with Crippen LogP contribution in [0.5, 0.6) is 5.75 Å². The van der Waals surface area contributed by atoms with Crippen LogP contribution < -0.4 is 20.1 Å². The van der Waals surface area contributed by atoms with Crippen LogP contribution in [0.25, 0.3) is 10.9 Å². The summed E-state index contributed by atoms with van der Waals surface area (Å²) in [6, 6.07) is 19.2. The number of methoxy groups -OCH3 is 1. The molecule has 0 aliphatic carbocycles. The van der Waals surface area contributed by atoms with E-state index in [0.29, 0.717) is 34.8 Å². The van der Waals surface area contributed by atoms with Crippen molar-refractivity contribution in [3.63, 3.8) is 0 Å². The molecule has 1 aromatic heterocycles. The van der Waals surface area contributed by atoms with E-state index < -0.39 is 10.0 Å². The Morgan fingerprint density at radius 1 is 1.10 bits per heavy atom. The molecule has 5 rings (SSSR count). The summed E-state index contributed by atoms with van der Waals surface area (Å²) in [5.41, 5.74) is 2.63. The highest BCUT2D eigenvalue weighted by atomic mass is 35.5. The van der Waals surface area contributed by atoms with Crippen LogP contribution in [0.3, 0.4) is 0 Å². The van der Waals surface area contributed by atoms with Crippen LogP contribution in [0, 0.1) is 0 Å². The average Bonchev–Trinajstić information content (AvgIpc) is 3.28. The van der Waals surface area contributed by atoms with Gasteiger partial charge in [0.05, 0.1) is 35.5 Å². The van der Waals surface area contributed by atoms with E-state index >= 15 is 0 Å². The van der Waals surface area contributed by atoms with Crippen LogP contribution in [-0.4, -0.2) is 43.8 Å². The van der Waals surface area contributed by atoms with Crippen molar-refractivity contribution in [3.8, 4) is 5.75 Å². The van der Waals surface area contributed by atoms with Crippen LogP contribution in [-0.2, 0) is 27.9 Å². The average molecular weight is 568 g/mol. The predicted octanol–water partition coefficient (Wildman–Crippen LogP) is 4.31. The minimum atomic E-state index is -3.95. The number of piperidine rings is 1. The number of aromatic nitrogens is 2. The zero-order valence-electron chi connectivity index (χ0n) is 21.5. The fourth-order valence-electron chi connectivity index (χ4n) is 4.78. The van der Waals surface area contributed by atoms with Crippen LogP contribution in [0.2, 0.25) is 5.02 Å². The van der Waals surface area contributed by atoms with Gasteiger partial charge in [-0.3, -0.25) is 14.2 Å². The van der Waals surface area contributed by atoms with Crippen molar-refractivity contribution >= 4 is 44.3 Å². The quantitative estimate of drug-likeness (QED) is 0.278. The summed E-state index contributed by atoms with van der Waals surface area (Å²) in [6.07, 6.45) is 3.01. The van der Waals surface area contributed by atoms with Gasteiger partial charge in [-0.25, -0.2) is 8.42 Å². The van der Waals surface area contributed by atoms with Crippen LogP contribution >= 0.6 is 11.6 Å². The zero-order valence-corrected chi connectivity index (χ0v) is 23.1. The van der Waals surface area contributed by atoms with Gasteiger partial charge in [-0.1, -0.05) is 54.4 Å². The molecule has 3 N–H and O–H groups in total. The lowest BCUT2D eigenvalue weighted by atomic mass is 10.0. The Balaban J connectivity index is 1.39. The fourth-order valence-corrected chi connectivity index (χ4v) is 6.09. The summed E-state index contributed by atoms with van der Waals surface area (Å²) in [4.78, 5) is 12.6. The van der Waals surface area contributed by atoms with Gasteiger partial charge in [0, 0.05) is 11.6 Å². The summed E-state index contributed by atoms with van der Waals surface area (Å²) in [5.74, 6) is 0.669. The first kappa shape index (κ1) is 27.0. The van der Waals surface area contributed by atoms with E-state index in [2.05, 4.69) is 20.5 Å². The predicted molar refractivity (Wildman–Crippen MR) is 152 cm³/mol. The third-order valence-electron chi connectivity index (χ3n) is 6.71. The molecule has 11 heteroatoms. The van der Waals surface area contributed by atoms with Gasteiger partial charge < -0.3 is 15.4 Å². The molecule has 4 aromatic rings. The number of hydrogen-bond acceptors (Lipinski definition) is 6. The Morgan fingerprint density at radius 2 is 1.90 bits per heavy atom. The number of hydrogen-bond donors (Lipinski definition) is 3. The number of halogens is 1. The molecule has 1 saturated heterocycles. The molecule has 39 heavy (non-hydrogen) atoms. The number of carbonyl (C=O) groups is 1. The normalized spacial score (nSPS) is 15.7. The van der Waals surface area contributed by atoms with Crippen molar-refractivity contribution in [2.75, 3.05) is 18.4 Å². The molecule has 1 fully saturated rings. The summed E-state index contributed by atoms with van der Waals surface area (Å²) in [5, 5.41) is 11.8. The first-order chi connectivity index (χ1) is 18.8. The molecule has 1 atom stereocenters. The maximum Gasteiger partial charge on any atom is 0.263 e. The molecular weight excluding hydrogens is 538 g/mol. The molecule has 9 nitrogen and oxygen atoms in total. The molecule has 0 saturated carbocycles. The molecule has 1 aliphatic heterocycles. The van der Waals surface area contributed by atoms with Crippen LogP contribution in [0.15, 0.2) is 71.6 Å². The highest BCUT2D eigenvalue weighted by molar-refractivity contribution is 7.92. The molecule has 2 heterocycles. The molecule has 0 radical (unpaired) electrons. The summed E-state index contributed by atoms with van der Waals surface area (Å²) in [6.45, 7) is 1.67. The second-order valence-electron chi connectivity index (χ2n) is 9.46. The number of carbonyl (C=O) groups excluding carboxylic acids is 1. The Hall–Kier alpha value is -3.60. The second-order valence-corrected chi connectivity index (χ2v) is 11.6. The van der Waals surface area contributed by atoms with Crippen molar-refractivity contribution in [1.82, 2.24) is 20.4 Å². The van der Waals surface area contributed by atoms with E-state index in [4.69, 9.17) is 16.3 Å². The summed E-state index contributed by atoms with van der Waals surface area (Å²) in [7, 11) is -2.42. The van der Waals surface area contributed by atoms with E-state index in [0.717, 1.165) is 36.9 Å². The second kappa shape index (κ2) is 11.6. The molecule has 1 aliphatic rings. The number of amides is 1. The van der Waals surface area contributed by atoms with Gasteiger partial charge in [-0.15, -0.1) is 0 Å². The lowest BCUT2D eigenvalue weighted by molar-refractivity contribution is -0.123. The summed E-state index contributed by atoms with van der Waals surface area (Å²) >= 11 is 6.02. The molecule has 0 spiro atoms. The highest BCUT2D eigenvalue weighted by Crippen LogP contribution is 2.34. The third kappa shape index (κ3) is 6.19. The Labute approximate surface area is 232 Å². The number of benzene rings is 3. The van der Waals surface area contributed by atoms with E-state index in [1.807, 2.05) is 36.4 Å². The zero-order chi connectivity index (χ0) is 27.4.